The SMILES string of the molecule is COC(=O)CCCSC1c2cc(OCc3ccc4ccc(Cl)cc4n3)ccc2CC1Cc1ccc(C(=O)N(C)C)cc1. The highest BCUT2D eigenvalue weighted by atomic mass is 35.5. The molecule has 1 amide bonds. The number of rotatable bonds is 11. The molecule has 0 fully saturated rings. The van der Waals surface area contributed by atoms with Crippen LogP contribution >= 0.6 is 23.4 Å². The van der Waals surface area contributed by atoms with Crippen molar-refractivity contribution in [2.45, 2.75) is 37.5 Å². The molecule has 1 aliphatic rings. The molecule has 0 N–H and O–H groups in total. The first-order valence-electron chi connectivity index (χ1n) is 14.1. The van der Waals surface area contributed by atoms with Gasteiger partial charge in [-0.05, 0) is 90.1 Å². The fourth-order valence-electron chi connectivity index (χ4n) is 5.41. The second kappa shape index (κ2) is 13.6. The molecule has 3 aromatic carbocycles. The zero-order valence-corrected chi connectivity index (χ0v) is 25.7. The molecule has 2 atom stereocenters. The molecule has 0 saturated heterocycles. The normalized spacial score (nSPS) is 15.8. The third-order valence-corrected chi connectivity index (χ3v) is 9.35. The van der Waals surface area contributed by atoms with Crippen LogP contribution in [0.1, 0.15) is 50.8 Å². The summed E-state index contributed by atoms with van der Waals surface area (Å²) in [4.78, 5) is 30.3. The van der Waals surface area contributed by atoms with Crippen molar-refractivity contribution >= 4 is 46.1 Å². The van der Waals surface area contributed by atoms with Crippen molar-refractivity contribution in [3.8, 4) is 5.75 Å². The lowest BCUT2D eigenvalue weighted by molar-refractivity contribution is -0.140. The molecule has 0 saturated carbocycles. The second-order valence-electron chi connectivity index (χ2n) is 10.8. The summed E-state index contributed by atoms with van der Waals surface area (Å²) < 4.78 is 11.0. The molecule has 218 valence electrons. The summed E-state index contributed by atoms with van der Waals surface area (Å²) in [6, 6.07) is 24.1. The summed E-state index contributed by atoms with van der Waals surface area (Å²) in [5.41, 5.74) is 6.21. The maximum absolute atomic E-state index is 12.3. The van der Waals surface area contributed by atoms with Gasteiger partial charge in [0.1, 0.15) is 12.4 Å². The first-order chi connectivity index (χ1) is 20.3. The highest BCUT2D eigenvalue weighted by Crippen LogP contribution is 2.48. The number of esters is 1. The highest BCUT2D eigenvalue weighted by Gasteiger charge is 2.33. The lowest BCUT2D eigenvalue weighted by Crippen LogP contribution is -2.21. The molecule has 4 aromatic rings. The van der Waals surface area contributed by atoms with Crippen LogP contribution in [-0.2, 0) is 29.0 Å². The zero-order chi connectivity index (χ0) is 29.6. The summed E-state index contributed by atoms with van der Waals surface area (Å²) in [7, 11) is 4.96. The Morgan fingerprint density at radius 1 is 1.02 bits per heavy atom. The van der Waals surface area contributed by atoms with Crippen molar-refractivity contribution in [3.05, 3.63) is 106 Å². The minimum absolute atomic E-state index is 0.00377. The number of hydrogen-bond acceptors (Lipinski definition) is 6. The maximum Gasteiger partial charge on any atom is 0.305 e. The highest BCUT2D eigenvalue weighted by molar-refractivity contribution is 7.99. The van der Waals surface area contributed by atoms with Crippen LogP contribution in [0.2, 0.25) is 5.02 Å². The van der Waals surface area contributed by atoms with E-state index in [4.69, 9.17) is 26.1 Å². The molecule has 0 radical (unpaired) electrons. The van der Waals surface area contributed by atoms with Crippen molar-refractivity contribution in [2.75, 3.05) is 27.0 Å². The number of thioether (sulfide) groups is 1. The van der Waals surface area contributed by atoms with E-state index < -0.39 is 0 Å². The molecule has 6 nitrogen and oxygen atoms in total. The van der Waals surface area contributed by atoms with Crippen molar-refractivity contribution in [3.63, 3.8) is 0 Å². The van der Waals surface area contributed by atoms with Crippen LogP contribution in [0.25, 0.3) is 10.9 Å². The number of ether oxygens (including phenoxy) is 2. The van der Waals surface area contributed by atoms with Gasteiger partial charge in [-0.2, -0.15) is 11.8 Å². The number of carbonyl (C=O) groups is 2. The van der Waals surface area contributed by atoms with Crippen LogP contribution in [0.15, 0.2) is 72.8 Å². The fourth-order valence-corrected chi connectivity index (χ4v) is 7.00. The van der Waals surface area contributed by atoms with Gasteiger partial charge in [-0.1, -0.05) is 41.9 Å². The zero-order valence-electron chi connectivity index (χ0n) is 24.1. The average Bonchev–Trinajstić information content (AvgIpc) is 3.33. The monoisotopic (exact) mass is 602 g/mol. The number of amides is 1. The molecule has 1 aromatic heterocycles. The Morgan fingerprint density at radius 3 is 2.57 bits per heavy atom. The molecule has 0 aliphatic heterocycles. The van der Waals surface area contributed by atoms with Crippen LogP contribution in [0.4, 0.5) is 0 Å². The molecule has 1 heterocycles. The number of fused-ring (bicyclic) bond motifs is 2. The summed E-state index contributed by atoms with van der Waals surface area (Å²) in [6.07, 6.45) is 3.06. The van der Waals surface area contributed by atoms with Crippen LogP contribution in [0, 0.1) is 5.92 Å². The summed E-state index contributed by atoms with van der Waals surface area (Å²) in [6.45, 7) is 0.361. The van der Waals surface area contributed by atoms with E-state index in [1.54, 1.807) is 19.0 Å². The molecule has 8 heteroatoms. The predicted molar refractivity (Wildman–Crippen MR) is 169 cm³/mol. The minimum atomic E-state index is -0.174. The number of halogens is 1. The Bertz CT molecular complexity index is 1570. The summed E-state index contributed by atoms with van der Waals surface area (Å²) in [5, 5.41) is 1.97. The number of aromatic nitrogens is 1. The maximum atomic E-state index is 12.3. The molecule has 0 bridgehead atoms. The lowest BCUT2D eigenvalue weighted by Gasteiger charge is -2.21. The van der Waals surface area contributed by atoms with E-state index in [-0.39, 0.29) is 17.1 Å². The molecule has 5 rings (SSSR count). The van der Waals surface area contributed by atoms with Crippen LogP contribution in [0.3, 0.4) is 0 Å². The smallest absolute Gasteiger partial charge is 0.305 e. The van der Waals surface area contributed by atoms with Gasteiger partial charge in [0.2, 0.25) is 0 Å². The largest absolute Gasteiger partial charge is 0.487 e. The first-order valence-corrected chi connectivity index (χ1v) is 15.5. The van der Waals surface area contributed by atoms with Crippen LogP contribution in [0.5, 0.6) is 5.75 Å². The third-order valence-electron chi connectivity index (χ3n) is 7.59. The van der Waals surface area contributed by atoms with E-state index in [2.05, 4.69) is 24.3 Å². The van der Waals surface area contributed by atoms with Gasteiger partial charge in [0.15, 0.2) is 0 Å². The molecule has 0 spiro atoms. The molecule has 2 unspecified atom stereocenters. The third kappa shape index (κ3) is 7.26. The van der Waals surface area contributed by atoms with E-state index in [1.165, 1.54) is 23.8 Å². The quantitative estimate of drug-likeness (QED) is 0.132. The van der Waals surface area contributed by atoms with Gasteiger partial charge in [0.25, 0.3) is 5.91 Å². The topological polar surface area (TPSA) is 68.7 Å². The molecule has 1 aliphatic carbocycles. The Morgan fingerprint density at radius 2 is 1.81 bits per heavy atom. The number of nitrogens with zero attached hydrogens (tertiary/aromatic N) is 2. The number of benzene rings is 3. The van der Waals surface area contributed by atoms with E-state index in [9.17, 15) is 9.59 Å². The average molecular weight is 603 g/mol. The standard InChI is InChI=1S/C34H35ClN2O4S/c1-37(2)34(39)24-8-6-22(7-9-24)17-26-18-25-12-15-29(20-30(25)33(26)42-16-4-5-32(38)40-3)41-21-28-14-11-23-10-13-27(35)19-31(23)36-28/h6-15,19-20,26,33H,4-5,16-18,21H2,1-3H3. The Hall–Kier alpha value is -3.55. The Kier molecular flexibility index (Phi) is 9.70. The molecular formula is C34H35ClN2O4S. The van der Waals surface area contributed by atoms with E-state index in [0.29, 0.717) is 29.5 Å². The fraction of sp³-hybridized carbons (Fsp3) is 0.324. The van der Waals surface area contributed by atoms with Crippen LogP contribution in [-0.4, -0.2) is 48.7 Å². The van der Waals surface area contributed by atoms with E-state index >= 15 is 0 Å². The van der Waals surface area contributed by atoms with Crippen molar-refractivity contribution in [1.29, 1.82) is 0 Å². The number of hydrogen-bond donors (Lipinski definition) is 0. The van der Waals surface area contributed by atoms with Gasteiger partial charge >= 0.3 is 5.97 Å². The van der Waals surface area contributed by atoms with Gasteiger partial charge < -0.3 is 14.4 Å². The van der Waals surface area contributed by atoms with Gasteiger partial charge in [0, 0.05) is 41.7 Å². The molecular weight excluding hydrogens is 568 g/mol. The Balaban J connectivity index is 1.31. The summed E-state index contributed by atoms with van der Waals surface area (Å²) in [5.74, 6) is 1.89. The predicted octanol–water partition coefficient (Wildman–Crippen LogP) is 7.31. The van der Waals surface area contributed by atoms with E-state index in [1.807, 2.05) is 60.3 Å². The van der Waals surface area contributed by atoms with Gasteiger partial charge in [-0.3, -0.25) is 9.59 Å². The van der Waals surface area contributed by atoms with Crippen LogP contribution < -0.4 is 4.74 Å². The Labute approximate surface area is 256 Å². The van der Waals surface area contributed by atoms with Gasteiger partial charge in [-0.15, -0.1) is 0 Å². The van der Waals surface area contributed by atoms with Crippen molar-refractivity contribution in [2.24, 2.45) is 5.92 Å². The van der Waals surface area contributed by atoms with Gasteiger partial charge in [-0.25, -0.2) is 4.98 Å². The van der Waals surface area contributed by atoms with Crippen molar-refractivity contribution in [1.82, 2.24) is 9.88 Å². The van der Waals surface area contributed by atoms with E-state index in [0.717, 1.165) is 47.4 Å². The minimum Gasteiger partial charge on any atom is -0.487 e. The van der Waals surface area contributed by atoms with Crippen molar-refractivity contribution < 1.29 is 19.1 Å². The molecule has 42 heavy (non-hydrogen) atoms. The first kappa shape index (κ1) is 29.9. The summed E-state index contributed by atoms with van der Waals surface area (Å²) >= 11 is 8.06. The number of pyridine rings is 1. The number of methoxy groups -OCH3 is 1. The van der Waals surface area contributed by atoms with Gasteiger partial charge in [0.05, 0.1) is 18.3 Å². The number of carbonyl (C=O) groups excluding carboxylic acids is 2. The lowest BCUT2D eigenvalue weighted by atomic mass is 9.95. The second-order valence-corrected chi connectivity index (χ2v) is 12.5.